The number of amides is 3. The standard InChI is InChI=1S/C22H32N4O3/c27-21-16-29-20-10-9-18(24-22(28)23-17-7-3-1-4-8-17)15-19(20)26(21)14-13-25-11-5-2-6-12-25/h9-10,15,17H,1-8,11-14,16H2,(H2,23,24,28). The number of nitrogens with one attached hydrogen (secondary N) is 2. The van der Waals surface area contributed by atoms with Crippen LogP contribution in [0.5, 0.6) is 5.75 Å². The molecule has 2 fully saturated rings. The molecule has 1 saturated carbocycles. The van der Waals surface area contributed by atoms with Gasteiger partial charge in [-0.3, -0.25) is 4.79 Å². The fourth-order valence-corrected chi connectivity index (χ4v) is 4.55. The number of nitrogens with zero attached hydrogens (tertiary/aromatic N) is 2. The molecule has 7 heteroatoms. The zero-order valence-electron chi connectivity index (χ0n) is 17.1. The van der Waals surface area contributed by atoms with Crippen LogP contribution in [-0.2, 0) is 4.79 Å². The molecule has 158 valence electrons. The molecule has 2 aliphatic heterocycles. The highest BCUT2D eigenvalue weighted by Gasteiger charge is 2.27. The summed E-state index contributed by atoms with van der Waals surface area (Å²) in [6.45, 7) is 3.79. The van der Waals surface area contributed by atoms with Crippen LogP contribution in [0.3, 0.4) is 0 Å². The second kappa shape index (κ2) is 9.48. The van der Waals surface area contributed by atoms with E-state index in [1.54, 1.807) is 4.90 Å². The smallest absolute Gasteiger partial charge is 0.319 e. The van der Waals surface area contributed by atoms with Crippen molar-refractivity contribution >= 4 is 23.3 Å². The zero-order valence-corrected chi connectivity index (χ0v) is 17.1. The average Bonchev–Trinajstić information content (AvgIpc) is 2.74. The van der Waals surface area contributed by atoms with Gasteiger partial charge >= 0.3 is 6.03 Å². The lowest BCUT2D eigenvalue weighted by Gasteiger charge is -2.33. The summed E-state index contributed by atoms with van der Waals surface area (Å²) in [7, 11) is 0. The van der Waals surface area contributed by atoms with E-state index in [1.165, 1.54) is 38.5 Å². The first kappa shape index (κ1) is 20.0. The van der Waals surface area contributed by atoms with Gasteiger partial charge in [-0.1, -0.05) is 25.7 Å². The van der Waals surface area contributed by atoms with Crippen LogP contribution >= 0.6 is 0 Å². The first-order valence-electron chi connectivity index (χ1n) is 11.1. The number of piperidine rings is 1. The number of likely N-dealkylation sites (tertiary alicyclic amines) is 1. The summed E-state index contributed by atoms with van der Waals surface area (Å²) in [5.74, 6) is 0.666. The molecule has 29 heavy (non-hydrogen) atoms. The van der Waals surface area contributed by atoms with E-state index in [9.17, 15) is 9.59 Å². The lowest BCUT2D eigenvalue weighted by Crippen LogP contribution is -2.44. The number of anilines is 2. The molecule has 0 bridgehead atoms. The van der Waals surface area contributed by atoms with Crippen molar-refractivity contribution in [3.8, 4) is 5.75 Å². The van der Waals surface area contributed by atoms with E-state index in [0.717, 1.165) is 38.2 Å². The van der Waals surface area contributed by atoms with E-state index in [4.69, 9.17) is 4.74 Å². The molecule has 2 heterocycles. The van der Waals surface area contributed by atoms with Crippen molar-refractivity contribution in [2.75, 3.05) is 43.0 Å². The second-order valence-corrected chi connectivity index (χ2v) is 8.35. The third-order valence-corrected chi connectivity index (χ3v) is 6.19. The number of ether oxygens (including phenoxy) is 1. The lowest BCUT2D eigenvalue weighted by molar-refractivity contribution is -0.121. The third-order valence-electron chi connectivity index (χ3n) is 6.19. The molecule has 1 aromatic carbocycles. The Kier molecular flexibility index (Phi) is 6.54. The number of rotatable bonds is 5. The summed E-state index contributed by atoms with van der Waals surface area (Å²) in [6.07, 6.45) is 9.47. The van der Waals surface area contributed by atoms with Gasteiger partial charge in [-0.05, 0) is 57.0 Å². The Morgan fingerprint density at radius 1 is 1.03 bits per heavy atom. The molecule has 4 rings (SSSR count). The largest absolute Gasteiger partial charge is 0.482 e. The summed E-state index contributed by atoms with van der Waals surface area (Å²) >= 11 is 0. The van der Waals surface area contributed by atoms with Gasteiger partial charge in [-0.15, -0.1) is 0 Å². The Morgan fingerprint density at radius 3 is 2.59 bits per heavy atom. The SMILES string of the molecule is O=C(Nc1ccc2c(c1)N(CCN1CCCCC1)C(=O)CO2)NC1CCCCC1. The molecule has 0 radical (unpaired) electrons. The van der Waals surface area contributed by atoms with Crippen molar-refractivity contribution in [2.24, 2.45) is 0 Å². The highest BCUT2D eigenvalue weighted by atomic mass is 16.5. The number of carbonyl (C=O) groups is 2. The maximum Gasteiger partial charge on any atom is 0.319 e. The van der Waals surface area contributed by atoms with Crippen LogP contribution in [0.25, 0.3) is 0 Å². The molecule has 0 atom stereocenters. The Labute approximate surface area is 172 Å². The van der Waals surface area contributed by atoms with Crippen molar-refractivity contribution < 1.29 is 14.3 Å². The van der Waals surface area contributed by atoms with E-state index >= 15 is 0 Å². The number of benzene rings is 1. The predicted octanol–water partition coefficient (Wildman–Crippen LogP) is 3.35. The quantitative estimate of drug-likeness (QED) is 0.795. The minimum Gasteiger partial charge on any atom is -0.482 e. The maximum absolute atomic E-state index is 12.5. The van der Waals surface area contributed by atoms with Crippen LogP contribution in [0.15, 0.2) is 18.2 Å². The number of fused-ring (bicyclic) bond motifs is 1. The van der Waals surface area contributed by atoms with Crippen LogP contribution in [0.2, 0.25) is 0 Å². The first-order valence-corrected chi connectivity index (χ1v) is 11.1. The van der Waals surface area contributed by atoms with Crippen molar-refractivity contribution in [3.05, 3.63) is 18.2 Å². The van der Waals surface area contributed by atoms with Gasteiger partial charge in [-0.25, -0.2) is 4.79 Å². The van der Waals surface area contributed by atoms with Gasteiger partial charge in [0.15, 0.2) is 6.61 Å². The highest BCUT2D eigenvalue weighted by molar-refractivity contribution is 5.99. The van der Waals surface area contributed by atoms with Gasteiger partial charge in [0.2, 0.25) is 0 Å². The third kappa shape index (κ3) is 5.21. The maximum atomic E-state index is 12.5. The van der Waals surface area contributed by atoms with E-state index < -0.39 is 0 Å². The molecule has 1 aliphatic carbocycles. The highest BCUT2D eigenvalue weighted by Crippen LogP contribution is 2.34. The zero-order chi connectivity index (χ0) is 20.1. The summed E-state index contributed by atoms with van der Waals surface area (Å²) in [6, 6.07) is 5.60. The molecular weight excluding hydrogens is 368 g/mol. The summed E-state index contributed by atoms with van der Waals surface area (Å²) in [5.41, 5.74) is 1.42. The number of urea groups is 1. The Bertz CT molecular complexity index is 727. The molecule has 1 saturated heterocycles. The van der Waals surface area contributed by atoms with Gasteiger partial charge in [0.05, 0.1) is 5.69 Å². The van der Waals surface area contributed by atoms with Crippen LogP contribution in [0, 0.1) is 0 Å². The number of carbonyl (C=O) groups excluding carboxylic acids is 2. The summed E-state index contributed by atoms with van der Waals surface area (Å²) in [5, 5.41) is 5.99. The number of hydrogen-bond donors (Lipinski definition) is 2. The molecule has 3 amide bonds. The molecule has 2 N–H and O–H groups in total. The predicted molar refractivity (Wildman–Crippen MR) is 114 cm³/mol. The van der Waals surface area contributed by atoms with Gasteiger partial charge < -0.3 is 25.2 Å². The molecule has 0 aromatic heterocycles. The van der Waals surface area contributed by atoms with Gasteiger partial charge in [0, 0.05) is 24.8 Å². The normalized spacial score (nSPS) is 20.7. The van der Waals surface area contributed by atoms with Crippen LogP contribution in [0.1, 0.15) is 51.4 Å². The first-order chi connectivity index (χ1) is 14.2. The fraction of sp³-hybridized carbons (Fsp3) is 0.636. The van der Waals surface area contributed by atoms with Crippen molar-refractivity contribution in [1.82, 2.24) is 10.2 Å². The van der Waals surface area contributed by atoms with Crippen LogP contribution < -0.4 is 20.3 Å². The molecular formula is C22H32N4O3. The second-order valence-electron chi connectivity index (χ2n) is 8.35. The minimum atomic E-state index is -0.181. The van der Waals surface area contributed by atoms with Crippen molar-refractivity contribution in [1.29, 1.82) is 0 Å². The van der Waals surface area contributed by atoms with E-state index in [-0.39, 0.29) is 24.6 Å². The van der Waals surface area contributed by atoms with E-state index in [1.807, 2.05) is 18.2 Å². The Balaban J connectivity index is 1.40. The van der Waals surface area contributed by atoms with E-state index in [2.05, 4.69) is 15.5 Å². The van der Waals surface area contributed by atoms with Gasteiger partial charge in [0.1, 0.15) is 5.75 Å². The molecule has 0 spiro atoms. The average molecular weight is 401 g/mol. The topological polar surface area (TPSA) is 73.9 Å². The van der Waals surface area contributed by atoms with Gasteiger partial charge in [0.25, 0.3) is 5.91 Å². The molecule has 0 unspecified atom stereocenters. The summed E-state index contributed by atoms with van der Waals surface area (Å²) < 4.78 is 5.61. The monoisotopic (exact) mass is 400 g/mol. The van der Waals surface area contributed by atoms with Crippen molar-refractivity contribution in [2.45, 2.75) is 57.4 Å². The van der Waals surface area contributed by atoms with Crippen LogP contribution in [0.4, 0.5) is 16.2 Å². The van der Waals surface area contributed by atoms with Crippen molar-refractivity contribution in [3.63, 3.8) is 0 Å². The minimum absolute atomic E-state index is 0.0293. The Morgan fingerprint density at radius 2 is 1.79 bits per heavy atom. The summed E-state index contributed by atoms with van der Waals surface area (Å²) in [4.78, 5) is 29.1. The van der Waals surface area contributed by atoms with Gasteiger partial charge in [-0.2, -0.15) is 0 Å². The lowest BCUT2D eigenvalue weighted by atomic mass is 9.96. The molecule has 3 aliphatic rings. The molecule has 7 nitrogen and oxygen atoms in total. The van der Waals surface area contributed by atoms with Crippen LogP contribution in [-0.4, -0.2) is 55.7 Å². The number of hydrogen-bond acceptors (Lipinski definition) is 4. The molecule has 1 aromatic rings. The van der Waals surface area contributed by atoms with E-state index in [0.29, 0.717) is 18.0 Å². The fourth-order valence-electron chi connectivity index (χ4n) is 4.55. The Hall–Kier alpha value is -2.28.